The molecule has 0 aromatic carbocycles. The molecule has 2 atom stereocenters. The molecule has 0 bridgehead atoms. The van der Waals surface area contributed by atoms with Crippen molar-refractivity contribution in [1.29, 1.82) is 0 Å². The first-order valence-corrected chi connectivity index (χ1v) is 8.07. The van der Waals surface area contributed by atoms with Gasteiger partial charge < -0.3 is 5.32 Å². The summed E-state index contributed by atoms with van der Waals surface area (Å²) in [4.78, 5) is 2.82. The zero-order valence-electron chi connectivity index (χ0n) is 12.4. The minimum Gasteiger partial charge on any atom is -0.308 e. The molecule has 1 saturated heterocycles. The highest BCUT2D eigenvalue weighted by atomic mass is 15.3. The van der Waals surface area contributed by atoms with Crippen LogP contribution in [0.1, 0.15) is 52.9 Å². The molecule has 0 aromatic heterocycles. The highest BCUT2D eigenvalue weighted by Crippen LogP contribution is 2.42. The third kappa shape index (κ3) is 2.75. The van der Waals surface area contributed by atoms with Crippen molar-refractivity contribution in [2.75, 3.05) is 19.6 Å². The molecular formula is C16H30N2. The summed E-state index contributed by atoms with van der Waals surface area (Å²) in [5.74, 6) is 2.80. The summed E-state index contributed by atoms with van der Waals surface area (Å²) in [6.07, 6.45) is 7.35. The van der Waals surface area contributed by atoms with Gasteiger partial charge in [0.25, 0.3) is 0 Å². The van der Waals surface area contributed by atoms with E-state index in [0.29, 0.717) is 5.54 Å². The average molecular weight is 250 g/mol. The van der Waals surface area contributed by atoms with Crippen LogP contribution in [0.3, 0.4) is 0 Å². The lowest BCUT2D eigenvalue weighted by molar-refractivity contribution is 0.0504. The molecule has 104 valence electrons. The molecule has 1 N–H and O–H groups in total. The first-order valence-electron chi connectivity index (χ1n) is 8.07. The van der Waals surface area contributed by atoms with Gasteiger partial charge in [0.05, 0.1) is 0 Å². The van der Waals surface area contributed by atoms with Gasteiger partial charge in [-0.3, -0.25) is 4.90 Å². The molecule has 0 radical (unpaired) electrons. The number of rotatable bonds is 5. The van der Waals surface area contributed by atoms with E-state index in [1.807, 2.05) is 0 Å². The van der Waals surface area contributed by atoms with Crippen LogP contribution in [0, 0.1) is 17.8 Å². The fourth-order valence-corrected chi connectivity index (χ4v) is 3.71. The van der Waals surface area contributed by atoms with E-state index >= 15 is 0 Å². The second-order valence-electron chi connectivity index (χ2n) is 7.59. The maximum Gasteiger partial charge on any atom is 0.0309 e. The van der Waals surface area contributed by atoms with E-state index in [0.717, 1.165) is 23.8 Å². The van der Waals surface area contributed by atoms with E-state index in [1.165, 1.54) is 51.7 Å². The zero-order valence-corrected chi connectivity index (χ0v) is 12.4. The third-order valence-electron chi connectivity index (χ3n) is 5.49. The van der Waals surface area contributed by atoms with Crippen LogP contribution in [0.4, 0.5) is 0 Å². The van der Waals surface area contributed by atoms with Crippen molar-refractivity contribution in [3.63, 3.8) is 0 Å². The Morgan fingerprint density at radius 2 is 1.94 bits per heavy atom. The molecular weight excluding hydrogens is 220 g/mol. The first-order chi connectivity index (χ1) is 8.58. The van der Waals surface area contributed by atoms with Crippen LogP contribution in [0.15, 0.2) is 0 Å². The largest absolute Gasteiger partial charge is 0.308 e. The van der Waals surface area contributed by atoms with Crippen LogP contribution >= 0.6 is 0 Å². The van der Waals surface area contributed by atoms with Crippen molar-refractivity contribution in [3.05, 3.63) is 0 Å². The smallest absolute Gasteiger partial charge is 0.0309 e. The Bertz CT molecular complexity index is 293. The lowest BCUT2D eigenvalue weighted by Crippen LogP contribution is -2.65. The molecule has 1 aliphatic heterocycles. The van der Waals surface area contributed by atoms with Crippen molar-refractivity contribution >= 4 is 0 Å². The molecule has 0 amide bonds. The van der Waals surface area contributed by atoms with Crippen LogP contribution in [-0.2, 0) is 0 Å². The van der Waals surface area contributed by atoms with Crippen LogP contribution in [0.2, 0.25) is 0 Å². The van der Waals surface area contributed by atoms with E-state index in [2.05, 4.69) is 31.0 Å². The van der Waals surface area contributed by atoms with E-state index in [-0.39, 0.29) is 0 Å². The molecule has 2 nitrogen and oxygen atoms in total. The van der Waals surface area contributed by atoms with E-state index in [1.54, 1.807) is 0 Å². The molecule has 3 rings (SSSR count). The summed E-state index contributed by atoms with van der Waals surface area (Å²) < 4.78 is 0. The van der Waals surface area contributed by atoms with Gasteiger partial charge >= 0.3 is 0 Å². The molecule has 2 heteroatoms. The number of hydrogen-bond acceptors (Lipinski definition) is 2. The fraction of sp³-hybridized carbons (Fsp3) is 1.00. The lowest BCUT2D eigenvalue weighted by Gasteiger charge is -2.48. The van der Waals surface area contributed by atoms with Gasteiger partial charge in [0.1, 0.15) is 0 Å². The number of piperazine rings is 1. The first kappa shape index (κ1) is 12.9. The standard InChI is InChI=1S/C16H30N2/c1-12(2)15-10-17-16(3,14-6-7-14)11-18(15)9-8-13-4-5-13/h12-15,17H,4-11H2,1-3H3. The number of nitrogens with one attached hydrogen (secondary N) is 1. The van der Waals surface area contributed by atoms with Gasteiger partial charge in [-0.1, -0.05) is 26.7 Å². The SMILES string of the molecule is CC(C)C1CNC(C)(C2CC2)CN1CCC1CC1. The van der Waals surface area contributed by atoms with Gasteiger partial charge in [-0.2, -0.15) is 0 Å². The number of hydrogen-bond donors (Lipinski definition) is 1. The Morgan fingerprint density at radius 1 is 1.22 bits per heavy atom. The Morgan fingerprint density at radius 3 is 2.50 bits per heavy atom. The van der Waals surface area contributed by atoms with Gasteiger partial charge in [0.2, 0.25) is 0 Å². The molecule has 2 unspecified atom stereocenters. The molecule has 0 aromatic rings. The second kappa shape index (κ2) is 4.79. The maximum absolute atomic E-state index is 3.88. The summed E-state index contributed by atoms with van der Waals surface area (Å²) in [7, 11) is 0. The monoisotopic (exact) mass is 250 g/mol. The molecule has 3 fully saturated rings. The van der Waals surface area contributed by atoms with Crippen molar-refractivity contribution in [1.82, 2.24) is 10.2 Å². The van der Waals surface area contributed by atoms with E-state index in [9.17, 15) is 0 Å². The van der Waals surface area contributed by atoms with Gasteiger partial charge in [-0.05, 0) is 50.5 Å². The molecule has 2 aliphatic carbocycles. The Labute approximate surface area is 113 Å². The summed E-state index contributed by atoms with van der Waals surface area (Å²) in [6.45, 7) is 11.1. The molecule has 0 spiro atoms. The van der Waals surface area contributed by atoms with Crippen molar-refractivity contribution in [2.24, 2.45) is 17.8 Å². The normalized spacial score (nSPS) is 38.3. The second-order valence-corrected chi connectivity index (χ2v) is 7.59. The third-order valence-corrected chi connectivity index (χ3v) is 5.49. The Balaban J connectivity index is 1.62. The summed E-state index contributed by atoms with van der Waals surface area (Å²) >= 11 is 0. The van der Waals surface area contributed by atoms with Gasteiger partial charge in [0, 0.05) is 24.7 Å². The molecule has 2 saturated carbocycles. The van der Waals surface area contributed by atoms with Gasteiger partial charge in [-0.15, -0.1) is 0 Å². The maximum atomic E-state index is 3.88. The lowest BCUT2D eigenvalue weighted by atomic mass is 9.88. The van der Waals surface area contributed by atoms with E-state index in [4.69, 9.17) is 0 Å². The zero-order chi connectivity index (χ0) is 12.8. The van der Waals surface area contributed by atoms with Crippen molar-refractivity contribution in [3.8, 4) is 0 Å². The highest BCUT2D eigenvalue weighted by molar-refractivity contribution is 5.04. The highest BCUT2D eigenvalue weighted by Gasteiger charge is 2.46. The summed E-state index contributed by atoms with van der Waals surface area (Å²) in [5.41, 5.74) is 0.412. The Kier molecular flexibility index (Phi) is 3.44. The van der Waals surface area contributed by atoms with Crippen LogP contribution in [-0.4, -0.2) is 36.1 Å². The summed E-state index contributed by atoms with van der Waals surface area (Å²) in [6, 6.07) is 0.760. The quantitative estimate of drug-likeness (QED) is 0.807. The molecule has 1 heterocycles. The average Bonchev–Trinajstić information content (AvgIpc) is 3.16. The van der Waals surface area contributed by atoms with Crippen LogP contribution in [0.25, 0.3) is 0 Å². The van der Waals surface area contributed by atoms with Crippen molar-refractivity contribution in [2.45, 2.75) is 64.5 Å². The Hall–Kier alpha value is -0.0800. The minimum absolute atomic E-state index is 0.412. The fourth-order valence-electron chi connectivity index (χ4n) is 3.71. The van der Waals surface area contributed by atoms with Crippen LogP contribution < -0.4 is 5.32 Å². The van der Waals surface area contributed by atoms with Crippen LogP contribution in [0.5, 0.6) is 0 Å². The van der Waals surface area contributed by atoms with Gasteiger partial charge in [0.15, 0.2) is 0 Å². The van der Waals surface area contributed by atoms with Gasteiger partial charge in [-0.25, -0.2) is 0 Å². The summed E-state index contributed by atoms with van der Waals surface area (Å²) in [5, 5.41) is 3.88. The molecule has 18 heavy (non-hydrogen) atoms. The molecule has 3 aliphatic rings. The predicted molar refractivity (Wildman–Crippen MR) is 76.7 cm³/mol. The predicted octanol–water partition coefficient (Wildman–Crippen LogP) is 2.89. The minimum atomic E-state index is 0.412. The van der Waals surface area contributed by atoms with Crippen molar-refractivity contribution < 1.29 is 0 Å². The number of nitrogens with zero attached hydrogens (tertiary/aromatic N) is 1. The van der Waals surface area contributed by atoms with E-state index < -0.39 is 0 Å². The topological polar surface area (TPSA) is 15.3 Å².